The lowest BCUT2D eigenvalue weighted by Gasteiger charge is -2.09. The Morgan fingerprint density at radius 1 is 1.29 bits per heavy atom. The molecule has 2 rings (SSSR count). The van der Waals surface area contributed by atoms with Crippen molar-refractivity contribution in [3.05, 3.63) is 47.3 Å². The number of aryl methyl sites for hydroxylation is 1. The van der Waals surface area contributed by atoms with E-state index in [1.54, 1.807) is 14.2 Å². The largest absolute Gasteiger partial charge is 0.496 e. The van der Waals surface area contributed by atoms with E-state index in [0.29, 0.717) is 13.2 Å². The molecule has 2 aromatic rings. The fourth-order valence-corrected chi connectivity index (χ4v) is 2.20. The van der Waals surface area contributed by atoms with Crippen LogP contribution in [-0.4, -0.2) is 37.2 Å². The number of rotatable bonds is 8. The zero-order chi connectivity index (χ0) is 15.1. The van der Waals surface area contributed by atoms with Crippen LogP contribution in [0, 0.1) is 6.92 Å². The summed E-state index contributed by atoms with van der Waals surface area (Å²) in [5.74, 6) is 0.899. The molecule has 0 amide bonds. The maximum atomic E-state index is 5.40. The molecule has 0 saturated carbocycles. The molecule has 0 atom stereocenters. The van der Waals surface area contributed by atoms with Crippen LogP contribution in [0.4, 0.5) is 0 Å². The first-order chi connectivity index (χ1) is 10.2. The molecule has 114 valence electrons. The SMILES string of the molecule is COCCNCc1cnn(Cc2cc(C)ccc2OC)c1. The molecule has 21 heavy (non-hydrogen) atoms. The molecule has 1 N–H and O–H groups in total. The van der Waals surface area contributed by atoms with Crippen LogP contribution in [0.3, 0.4) is 0 Å². The van der Waals surface area contributed by atoms with Crippen LogP contribution < -0.4 is 10.1 Å². The van der Waals surface area contributed by atoms with E-state index < -0.39 is 0 Å². The summed E-state index contributed by atoms with van der Waals surface area (Å²) < 4.78 is 12.3. The molecule has 1 aromatic heterocycles. The van der Waals surface area contributed by atoms with Gasteiger partial charge in [0.25, 0.3) is 0 Å². The van der Waals surface area contributed by atoms with Crippen molar-refractivity contribution in [1.29, 1.82) is 0 Å². The van der Waals surface area contributed by atoms with Gasteiger partial charge in [-0.05, 0) is 13.0 Å². The van der Waals surface area contributed by atoms with Crippen molar-refractivity contribution in [1.82, 2.24) is 15.1 Å². The second-order valence-corrected chi connectivity index (χ2v) is 5.03. The third kappa shape index (κ3) is 4.58. The molecule has 0 bridgehead atoms. The van der Waals surface area contributed by atoms with E-state index in [2.05, 4.69) is 35.7 Å². The molecule has 0 aliphatic heterocycles. The molecule has 0 aliphatic rings. The predicted molar refractivity (Wildman–Crippen MR) is 82.6 cm³/mol. The highest BCUT2D eigenvalue weighted by atomic mass is 16.5. The summed E-state index contributed by atoms with van der Waals surface area (Å²) in [5, 5.41) is 7.71. The molecule has 0 aliphatic carbocycles. The molecule has 1 heterocycles. The van der Waals surface area contributed by atoms with E-state index in [4.69, 9.17) is 9.47 Å². The van der Waals surface area contributed by atoms with Gasteiger partial charge >= 0.3 is 0 Å². The van der Waals surface area contributed by atoms with Gasteiger partial charge in [0.15, 0.2) is 0 Å². The lowest BCUT2D eigenvalue weighted by atomic mass is 10.1. The maximum absolute atomic E-state index is 5.40. The van der Waals surface area contributed by atoms with Gasteiger partial charge in [-0.15, -0.1) is 0 Å². The summed E-state index contributed by atoms with van der Waals surface area (Å²) in [5.41, 5.74) is 3.52. The van der Waals surface area contributed by atoms with Crippen molar-refractivity contribution in [2.75, 3.05) is 27.4 Å². The molecule has 5 nitrogen and oxygen atoms in total. The van der Waals surface area contributed by atoms with Gasteiger partial charge in [0.1, 0.15) is 5.75 Å². The zero-order valence-corrected chi connectivity index (χ0v) is 12.9. The van der Waals surface area contributed by atoms with Crippen LogP contribution in [0.5, 0.6) is 5.75 Å². The number of hydrogen-bond acceptors (Lipinski definition) is 4. The third-order valence-electron chi connectivity index (χ3n) is 3.27. The summed E-state index contributed by atoms with van der Waals surface area (Å²) in [6.07, 6.45) is 3.95. The first-order valence-electron chi connectivity index (χ1n) is 7.07. The van der Waals surface area contributed by atoms with Crippen molar-refractivity contribution in [2.45, 2.75) is 20.0 Å². The Morgan fingerprint density at radius 2 is 2.14 bits per heavy atom. The number of ether oxygens (including phenoxy) is 2. The topological polar surface area (TPSA) is 48.3 Å². The quantitative estimate of drug-likeness (QED) is 0.755. The molecule has 0 spiro atoms. The van der Waals surface area contributed by atoms with Crippen molar-refractivity contribution >= 4 is 0 Å². The number of aromatic nitrogens is 2. The van der Waals surface area contributed by atoms with Crippen LogP contribution in [0.2, 0.25) is 0 Å². The molecule has 0 fully saturated rings. The van der Waals surface area contributed by atoms with Gasteiger partial charge in [-0.3, -0.25) is 4.68 Å². The van der Waals surface area contributed by atoms with E-state index in [1.165, 1.54) is 5.56 Å². The maximum Gasteiger partial charge on any atom is 0.123 e. The number of methoxy groups -OCH3 is 2. The van der Waals surface area contributed by atoms with Gasteiger partial charge < -0.3 is 14.8 Å². The Morgan fingerprint density at radius 3 is 2.90 bits per heavy atom. The summed E-state index contributed by atoms with van der Waals surface area (Å²) in [6.45, 7) is 5.15. The minimum Gasteiger partial charge on any atom is -0.496 e. The second kappa shape index (κ2) is 7.81. The zero-order valence-electron chi connectivity index (χ0n) is 12.9. The van der Waals surface area contributed by atoms with E-state index in [-0.39, 0.29) is 0 Å². The number of hydrogen-bond donors (Lipinski definition) is 1. The van der Waals surface area contributed by atoms with Crippen LogP contribution in [0.15, 0.2) is 30.6 Å². The average Bonchev–Trinajstić information content (AvgIpc) is 2.91. The van der Waals surface area contributed by atoms with Gasteiger partial charge in [-0.2, -0.15) is 5.10 Å². The van der Waals surface area contributed by atoms with E-state index >= 15 is 0 Å². The minimum absolute atomic E-state index is 0.711. The fourth-order valence-electron chi connectivity index (χ4n) is 2.20. The van der Waals surface area contributed by atoms with Crippen molar-refractivity contribution in [3.63, 3.8) is 0 Å². The van der Waals surface area contributed by atoms with Gasteiger partial charge in [0, 0.05) is 37.5 Å². The smallest absolute Gasteiger partial charge is 0.123 e. The summed E-state index contributed by atoms with van der Waals surface area (Å²) >= 11 is 0. The van der Waals surface area contributed by atoms with Crippen LogP contribution in [0.25, 0.3) is 0 Å². The monoisotopic (exact) mass is 289 g/mol. The Labute approximate surface area is 125 Å². The first kappa shape index (κ1) is 15.5. The number of benzene rings is 1. The van der Waals surface area contributed by atoms with E-state index in [1.807, 2.05) is 16.9 Å². The summed E-state index contributed by atoms with van der Waals surface area (Å²) in [4.78, 5) is 0. The average molecular weight is 289 g/mol. The van der Waals surface area contributed by atoms with E-state index in [9.17, 15) is 0 Å². The molecule has 0 unspecified atom stereocenters. The van der Waals surface area contributed by atoms with Crippen molar-refractivity contribution in [3.8, 4) is 5.75 Å². The Kier molecular flexibility index (Phi) is 5.78. The molecule has 0 radical (unpaired) electrons. The molecule has 0 saturated heterocycles. The highest BCUT2D eigenvalue weighted by Crippen LogP contribution is 2.20. The van der Waals surface area contributed by atoms with E-state index in [0.717, 1.165) is 30.0 Å². The highest BCUT2D eigenvalue weighted by Gasteiger charge is 2.05. The van der Waals surface area contributed by atoms with Crippen molar-refractivity contribution in [2.24, 2.45) is 0 Å². The van der Waals surface area contributed by atoms with Gasteiger partial charge in [-0.1, -0.05) is 17.7 Å². The van der Waals surface area contributed by atoms with Crippen LogP contribution >= 0.6 is 0 Å². The lowest BCUT2D eigenvalue weighted by molar-refractivity contribution is 0.199. The van der Waals surface area contributed by atoms with Crippen molar-refractivity contribution < 1.29 is 9.47 Å². The second-order valence-electron chi connectivity index (χ2n) is 5.03. The summed E-state index contributed by atoms with van der Waals surface area (Å²) in [7, 11) is 3.40. The normalized spacial score (nSPS) is 10.8. The summed E-state index contributed by atoms with van der Waals surface area (Å²) in [6, 6.07) is 6.19. The number of nitrogens with zero attached hydrogens (tertiary/aromatic N) is 2. The molecular formula is C16H23N3O2. The standard InChI is InChI=1S/C16H23N3O2/c1-13-4-5-16(21-3)15(8-13)12-19-11-14(10-18-19)9-17-6-7-20-2/h4-5,8,10-11,17H,6-7,9,12H2,1-3H3. The molecular weight excluding hydrogens is 266 g/mol. The van der Waals surface area contributed by atoms with Crippen LogP contribution in [0.1, 0.15) is 16.7 Å². The Bertz CT molecular complexity index is 566. The van der Waals surface area contributed by atoms with Gasteiger partial charge in [0.2, 0.25) is 0 Å². The third-order valence-corrected chi connectivity index (χ3v) is 3.27. The minimum atomic E-state index is 0.711. The molecule has 5 heteroatoms. The Balaban J connectivity index is 1.97. The van der Waals surface area contributed by atoms with Gasteiger partial charge in [-0.25, -0.2) is 0 Å². The highest BCUT2D eigenvalue weighted by molar-refractivity contribution is 5.37. The molecule has 1 aromatic carbocycles. The number of nitrogens with one attached hydrogen (secondary N) is 1. The fraction of sp³-hybridized carbons (Fsp3) is 0.438. The van der Waals surface area contributed by atoms with Crippen LogP contribution in [-0.2, 0) is 17.8 Å². The predicted octanol–water partition coefficient (Wildman–Crippen LogP) is 1.98. The first-order valence-corrected chi connectivity index (χ1v) is 7.07. The lowest BCUT2D eigenvalue weighted by Crippen LogP contribution is -2.18. The Hall–Kier alpha value is -1.85. The van der Waals surface area contributed by atoms with Gasteiger partial charge in [0.05, 0.1) is 26.5 Å².